The lowest BCUT2D eigenvalue weighted by Crippen LogP contribution is -2.33. The zero-order valence-corrected chi connectivity index (χ0v) is 17.4. The molecule has 3 rings (SSSR count). The maximum absolute atomic E-state index is 13.7. The van der Waals surface area contributed by atoms with E-state index in [1.54, 1.807) is 6.07 Å². The summed E-state index contributed by atoms with van der Waals surface area (Å²) in [6.45, 7) is 3.09. The first-order valence-corrected chi connectivity index (χ1v) is 9.94. The fraction of sp³-hybridized carbons (Fsp3) is 0.300. The Labute approximate surface area is 171 Å². The van der Waals surface area contributed by atoms with Crippen LogP contribution in [0.5, 0.6) is 0 Å². The molecule has 1 aromatic heterocycles. The average molecular weight is 424 g/mol. The SMILES string of the molecule is Cc1ccc(Cl)c2sc(N(CCCN(C)C)C(=O)c3ccc(F)c(F)c3)nc12. The summed E-state index contributed by atoms with van der Waals surface area (Å²) in [5, 5.41) is 1.05. The van der Waals surface area contributed by atoms with Gasteiger partial charge in [0.1, 0.15) is 0 Å². The first-order valence-electron chi connectivity index (χ1n) is 8.75. The molecule has 0 saturated carbocycles. The van der Waals surface area contributed by atoms with E-state index < -0.39 is 17.5 Å². The number of benzene rings is 2. The number of anilines is 1. The predicted molar refractivity (Wildman–Crippen MR) is 111 cm³/mol. The molecule has 8 heteroatoms. The molecule has 0 aliphatic heterocycles. The van der Waals surface area contributed by atoms with Crippen LogP contribution in [0.15, 0.2) is 30.3 Å². The molecule has 0 atom stereocenters. The van der Waals surface area contributed by atoms with Crippen molar-refractivity contribution in [3.8, 4) is 0 Å². The van der Waals surface area contributed by atoms with Crippen molar-refractivity contribution in [3.63, 3.8) is 0 Å². The molecule has 148 valence electrons. The quantitative estimate of drug-likeness (QED) is 0.551. The lowest BCUT2D eigenvalue weighted by molar-refractivity contribution is 0.0985. The Kier molecular flexibility index (Phi) is 6.27. The molecule has 4 nitrogen and oxygen atoms in total. The van der Waals surface area contributed by atoms with Gasteiger partial charge in [-0.3, -0.25) is 9.69 Å². The highest BCUT2D eigenvalue weighted by atomic mass is 35.5. The van der Waals surface area contributed by atoms with Crippen molar-refractivity contribution in [2.24, 2.45) is 0 Å². The maximum Gasteiger partial charge on any atom is 0.260 e. The number of aryl methyl sites for hydroxylation is 1. The molecule has 0 spiro atoms. The van der Waals surface area contributed by atoms with Gasteiger partial charge in [0.25, 0.3) is 5.91 Å². The molecule has 28 heavy (non-hydrogen) atoms. The van der Waals surface area contributed by atoms with Gasteiger partial charge in [-0.2, -0.15) is 0 Å². The van der Waals surface area contributed by atoms with Crippen LogP contribution in [0.2, 0.25) is 5.02 Å². The van der Waals surface area contributed by atoms with Crippen molar-refractivity contribution in [2.75, 3.05) is 32.1 Å². The zero-order valence-electron chi connectivity index (χ0n) is 15.8. The maximum atomic E-state index is 13.7. The Morgan fingerprint density at radius 1 is 1.14 bits per heavy atom. The summed E-state index contributed by atoms with van der Waals surface area (Å²) in [5.41, 5.74) is 1.77. The van der Waals surface area contributed by atoms with Gasteiger partial charge in [-0.1, -0.05) is 29.0 Å². The second-order valence-corrected chi connectivity index (χ2v) is 8.17. The Balaban J connectivity index is 2.01. The summed E-state index contributed by atoms with van der Waals surface area (Å²) >= 11 is 7.61. The summed E-state index contributed by atoms with van der Waals surface area (Å²) in [7, 11) is 3.89. The zero-order chi connectivity index (χ0) is 20.4. The van der Waals surface area contributed by atoms with Gasteiger partial charge >= 0.3 is 0 Å². The number of hydrogen-bond acceptors (Lipinski definition) is 4. The highest BCUT2D eigenvalue weighted by molar-refractivity contribution is 7.23. The highest BCUT2D eigenvalue weighted by Gasteiger charge is 2.23. The van der Waals surface area contributed by atoms with Crippen LogP contribution in [-0.4, -0.2) is 43.0 Å². The first-order chi connectivity index (χ1) is 13.3. The molecule has 0 N–H and O–H groups in total. The third kappa shape index (κ3) is 4.32. The number of rotatable bonds is 6. The summed E-state index contributed by atoms with van der Waals surface area (Å²) in [5.74, 6) is -2.47. The second kappa shape index (κ2) is 8.51. The number of amides is 1. The smallest absolute Gasteiger partial charge is 0.260 e. The minimum atomic E-state index is -1.05. The van der Waals surface area contributed by atoms with Gasteiger partial charge in [-0.05, 0) is 63.8 Å². The van der Waals surface area contributed by atoms with E-state index in [1.807, 2.05) is 32.0 Å². The summed E-state index contributed by atoms with van der Waals surface area (Å²) in [6.07, 6.45) is 0.699. The number of thiazole rings is 1. The molecule has 1 amide bonds. The Hall–Kier alpha value is -2.09. The third-order valence-electron chi connectivity index (χ3n) is 4.32. The number of nitrogens with zero attached hydrogens (tertiary/aromatic N) is 3. The van der Waals surface area contributed by atoms with Gasteiger partial charge in [-0.25, -0.2) is 13.8 Å². The molecular formula is C20H20ClF2N3OS. The third-order valence-corrected chi connectivity index (χ3v) is 5.85. The van der Waals surface area contributed by atoms with E-state index in [-0.39, 0.29) is 5.56 Å². The van der Waals surface area contributed by atoms with Crippen molar-refractivity contribution in [1.29, 1.82) is 0 Å². The standard InChI is InChI=1S/C20H20ClF2N3OS/c1-12-5-7-14(21)18-17(12)24-20(28-18)26(10-4-9-25(2)3)19(27)13-6-8-15(22)16(23)11-13/h5-8,11H,4,9-10H2,1-3H3. The first kappa shape index (κ1) is 20.6. The van der Waals surface area contributed by atoms with Gasteiger partial charge in [-0.15, -0.1) is 0 Å². The monoisotopic (exact) mass is 423 g/mol. The van der Waals surface area contributed by atoms with Crippen LogP contribution in [0.25, 0.3) is 10.2 Å². The van der Waals surface area contributed by atoms with Crippen molar-refractivity contribution < 1.29 is 13.6 Å². The van der Waals surface area contributed by atoms with E-state index in [1.165, 1.54) is 22.3 Å². The summed E-state index contributed by atoms with van der Waals surface area (Å²) in [4.78, 5) is 21.2. The number of carbonyl (C=O) groups excluding carboxylic acids is 1. The van der Waals surface area contributed by atoms with E-state index in [0.29, 0.717) is 23.1 Å². The van der Waals surface area contributed by atoms with E-state index in [4.69, 9.17) is 11.6 Å². The number of aromatic nitrogens is 1. The molecule has 0 aliphatic carbocycles. The molecule has 0 fully saturated rings. The summed E-state index contributed by atoms with van der Waals surface area (Å²) in [6, 6.07) is 6.84. The number of fused-ring (bicyclic) bond motifs is 1. The highest BCUT2D eigenvalue weighted by Crippen LogP contribution is 2.36. The Morgan fingerprint density at radius 2 is 1.89 bits per heavy atom. The predicted octanol–water partition coefficient (Wildman–Crippen LogP) is 5.13. The number of hydrogen-bond donors (Lipinski definition) is 0. The second-order valence-electron chi connectivity index (χ2n) is 6.78. The molecule has 0 bridgehead atoms. The van der Waals surface area contributed by atoms with Gasteiger partial charge in [0.05, 0.1) is 15.2 Å². The molecule has 0 radical (unpaired) electrons. The molecule has 0 aliphatic rings. The lowest BCUT2D eigenvalue weighted by atomic mass is 10.2. The average Bonchev–Trinajstić information content (AvgIpc) is 3.10. The molecule has 2 aromatic carbocycles. The van der Waals surface area contributed by atoms with Gasteiger partial charge in [0.15, 0.2) is 16.8 Å². The van der Waals surface area contributed by atoms with E-state index in [0.717, 1.165) is 34.5 Å². The van der Waals surface area contributed by atoms with E-state index in [9.17, 15) is 13.6 Å². The molecule has 3 aromatic rings. The normalized spacial score (nSPS) is 11.4. The van der Waals surface area contributed by atoms with Crippen LogP contribution in [0.1, 0.15) is 22.3 Å². The van der Waals surface area contributed by atoms with Crippen LogP contribution in [0, 0.1) is 18.6 Å². The van der Waals surface area contributed by atoms with Crippen molar-refractivity contribution in [2.45, 2.75) is 13.3 Å². The number of carbonyl (C=O) groups is 1. The van der Waals surface area contributed by atoms with Gasteiger partial charge in [0.2, 0.25) is 0 Å². The van der Waals surface area contributed by atoms with Crippen LogP contribution < -0.4 is 4.90 Å². The fourth-order valence-electron chi connectivity index (χ4n) is 2.82. The Bertz CT molecular complexity index is 983. The van der Waals surface area contributed by atoms with Crippen LogP contribution in [-0.2, 0) is 0 Å². The molecule has 1 heterocycles. The topological polar surface area (TPSA) is 36.4 Å². The lowest BCUT2D eigenvalue weighted by Gasteiger charge is -2.21. The van der Waals surface area contributed by atoms with Gasteiger partial charge in [0, 0.05) is 12.1 Å². The van der Waals surface area contributed by atoms with Gasteiger partial charge < -0.3 is 4.90 Å². The number of halogens is 3. The van der Waals surface area contributed by atoms with Crippen LogP contribution >= 0.6 is 22.9 Å². The van der Waals surface area contributed by atoms with Crippen molar-refractivity contribution in [1.82, 2.24) is 9.88 Å². The Morgan fingerprint density at radius 3 is 2.54 bits per heavy atom. The van der Waals surface area contributed by atoms with Crippen LogP contribution in [0.3, 0.4) is 0 Å². The summed E-state index contributed by atoms with van der Waals surface area (Å²) < 4.78 is 27.7. The van der Waals surface area contributed by atoms with Crippen LogP contribution in [0.4, 0.5) is 13.9 Å². The van der Waals surface area contributed by atoms with E-state index in [2.05, 4.69) is 4.98 Å². The molecule has 0 unspecified atom stereocenters. The minimum Gasteiger partial charge on any atom is -0.309 e. The van der Waals surface area contributed by atoms with E-state index >= 15 is 0 Å². The fourth-order valence-corrected chi connectivity index (χ4v) is 4.16. The largest absolute Gasteiger partial charge is 0.309 e. The molecular weight excluding hydrogens is 404 g/mol. The van der Waals surface area contributed by atoms with Crippen molar-refractivity contribution >= 4 is 44.2 Å². The minimum absolute atomic E-state index is 0.0748. The molecule has 0 saturated heterocycles. The van der Waals surface area contributed by atoms with Crippen molar-refractivity contribution in [3.05, 3.63) is 58.1 Å².